The first-order valence-corrected chi connectivity index (χ1v) is 6.94. The number of benzene rings is 1. The van der Waals surface area contributed by atoms with Crippen molar-refractivity contribution in [1.82, 2.24) is 15.1 Å². The van der Waals surface area contributed by atoms with Crippen molar-refractivity contribution in [2.75, 3.05) is 13.7 Å². The lowest BCUT2D eigenvalue weighted by Gasteiger charge is -2.22. The molecule has 0 amide bonds. The van der Waals surface area contributed by atoms with Crippen molar-refractivity contribution in [1.29, 1.82) is 0 Å². The summed E-state index contributed by atoms with van der Waals surface area (Å²) in [7, 11) is 3.66. The van der Waals surface area contributed by atoms with Gasteiger partial charge in [0.05, 0.1) is 18.8 Å². The highest BCUT2D eigenvalue weighted by atomic mass is 16.5. The second kappa shape index (κ2) is 6.09. The van der Waals surface area contributed by atoms with Gasteiger partial charge >= 0.3 is 0 Å². The van der Waals surface area contributed by atoms with Crippen LogP contribution in [0.4, 0.5) is 0 Å². The Labute approximate surface area is 120 Å². The van der Waals surface area contributed by atoms with E-state index >= 15 is 0 Å². The van der Waals surface area contributed by atoms with E-state index in [4.69, 9.17) is 4.74 Å². The summed E-state index contributed by atoms with van der Waals surface area (Å²) in [5.74, 6) is 0.916. The van der Waals surface area contributed by atoms with Crippen LogP contribution < -0.4 is 10.1 Å². The van der Waals surface area contributed by atoms with E-state index in [1.165, 1.54) is 16.7 Å². The molecule has 0 saturated heterocycles. The number of hydrogen-bond acceptors (Lipinski definition) is 3. The van der Waals surface area contributed by atoms with Crippen molar-refractivity contribution in [2.45, 2.75) is 26.8 Å². The fourth-order valence-electron chi connectivity index (χ4n) is 2.62. The number of methoxy groups -OCH3 is 1. The number of aryl methyl sites for hydroxylation is 3. The standard InChI is InChI=1S/C16H23N3O/c1-6-17-16(13-7-8-19(4)18-13)15-12(3)9-11(2)10-14(15)20-5/h7-10,16-17H,6H2,1-5H3. The van der Waals surface area contributed by atoms with Crippen molar-refractivity contribution in [3.63, 3.8) is 0 Å². The molecule has 4 nitrogen and oxygen atoms in total. The topological polar surface area (TPSA) is 39.1 Å². The molecule has 108 valence electrons. The molecule has 2 rings (SSSR count). The molecule has 0 spiro atoms. The zero-order chi connectivity index (χ0) is 14.7. The van der Waals surface area contributed by atoms with Crippen LogP contribution >= 0.6 is 0 Å². The second-order valence-electron chi connectivity index (χ2n) is 5.10. The van der Waals surface area contributed by atoms with Gasteiger partial charge < -0.3 is 10.1 Å². The van der Waals surface area contributed by atoms with E-state index in [-0.39, 0.29) is 6.04 Å². The summed E-state index contributed by atoms with van der Waals surface area (Å²) in [6.07, 6.45) is 1.97. The van der Waals surface area contributed by atoms with Gasteiger partial charge in [0.15, 0.2) is 0 Å². The van der Waals surface area contributed by atoms with E-state index in [0.29, 0.717) is 0 Å². The predicted octanol–water partition coefficient (Wildman–Crippen LogP) is 2.74. The average molecular weight is 273 g/mol. The van der Waals surface area contributed by atoms with Crippen LogP contribution in [0.25, 0.3) is 0 Å². The van der Waals surface area contributed by atoms with Gasteiger partial charge in [0.25, 0.3) is 0 Å². The Balaban J connectivity index is 2.54. The minimum atomic E-state index is 0.0525. The van der Waals surface area contributed by atoms with E-state index in [0.717, 1.165) is 18.0 Å². The third kappa shape index (κ3) is 2.85. The molecule has 0 fully saturated rings. The Bertz CT molecular complexity index is 589. The maximum absolute atomic E-state index is 5.59. The summed E-state index contributed by atoms with van der Waals surface area (Å²) in [6, 6.07) is 6.36. The molecule has 1 aromatic carbocycles. The Kier molecular flexibility index (Phi) is 4.45. The summed E-state index contributed by atoms with van der Waals surface area (Å²) in [6.45, 7) is 7.18. The van der Waals surface area contributed by atoms with E-state index in [1.54, 1.807) is 7.11 Å². The van der Waals surface area contributed by atoms with Crippen LogP contribution in [0.15, 0.2) is 24.4 Å². The van der Waals surface area contributed by atoms with Crippen LogP contribution in [-0.2, 0) is 7.05 Å². The lowest BCUT2D eigenvalue weighted by Crippen LogP contribution is -2.24. The highest BCUT2D eigenvalue weighted by Gasteiger charge is 2.22. The molecule has 1 atom stereocenters. The zero-order valence-electron chi connectivity index (χ0n) is 12.9. The Morgan fingerprint density at radius 3 is 2.65 bits per heavy atom. The average Bonchev–Trinajstić information content (AvgIpc) is 2.82. The maximum atomic E-state index is 5.59. The molecule has 0 saturated carbocycles. The largest absolute Gasteiger partial charge is 0.496 e. The molecule has 0 aliphatic rings. The molecule has 1 N–H and O–H groups in total. The van der Waals surface area contributed by atoms with Crippen LogP contribution in [0.2, 0.25) is 0 Å². The first-order chi connectivity index (χ1) is 9.56. The minimum absolute atomic E-state index is 0.0525. The van der Waals surface area contributed by atoms with Gasteiger partial charge in [-0.3, -0.25) is 4.68 Å². The van der Waals surface area contributed by atoms with E-state index in [9.17, 15) is 0 Å². The number of hydrogen-bond donors (Lipinski definition) is 1. The third-order valence-electron chi connectivity index (χ3n) is 3.44. The second-order valence-corrected chi connectivity index (χ2v) is 5.10. The van der Waals surface area contributed by atoms with Gasteiger partial charge in [-0.1, -0.05) is 13.0 Å². The molecule has 0 aliphatic heterocycles. The van der Waals surface area contributed by atoms with Crippen LogP contribution in [0.1, 0.15) is 35.3 Å². The molecule has 1 heterocycles. The zero-order valence-corrected chi connectivity index (χ0v) is 12.9. The lowest BCUT2D eigenvalue weighted by atomic mass is 9.95. The number of nitrogens with one attached hydrogen (secondary N) is 1. The van der Waals surface area contributed by atoms with Gasteiger partial charge in [0.2, 0.25) is 0 Å². The number of aromatic nitrogens is 2. The van der Waals surface area contributed by atoms with Crippen LogP contribution in [0.5, 0.6) is 5.75 Å². The lowest BCUT2D eigenvalue weighted by molar-refractivity contribution is 0.402. The monoisotopic (exact) mass is 273 g/mol. The highest BCUT2D eigenvalue weighted by molar-refractivity contribution is 5.47. The number of ether oxygens (including phenoxy) is 1. The Morgan fingerprint density at radius 2 is 2.10 bits per heavy atom. The quantitative estimate of drug-likeness (QED) is 0.910. The molecule has 0 aliphatic carbocycles. The van der Waals surface area contributed by atoms with Gasteiger partial charge in [0.1, 0.15) is 5.75 Å². The van der Waals surface area contributed by atoms with Gasteiger partial charge in [-0.25, -0.2) is 0 Å². The molecule has 20 heavy (non-hydrogen) atoms. The summed E-state index contributed by atoms with van der Waals surface area (Å²) >= 11 is 0. The molecule has 1 unspecified atom stereocenters. The number of nitrogens with zero attached hydrogens (tertiary/aromatic N) is 2. The fraction of sp³-hybridized carbons (Fsp3) is 0.438. The van der Waals surface area contributed by atoms with Crippen LogP contribution in [-0.4, -0.2) is 23.4 Å². The molecule has 2 aromatic rings. The van der Waals surface area contributed by atoms with Crippen molar-refractivity contribution in [3.05, 3.63) is 46.8 Å². The van der Waals surface area contributed by atoms with Gasteiger partial charge in [-0.15, -0.1) is 0 Å². The van der Waals surface area contributed by atoms with Gasteiger partial charge in [-0.2, -0.15) is 5.10 Å². The smallest absolute Gasteiger partial charge is 0.124 e. The molecule has 0 radical (unpaired) electrons. The van der Waals surface area contributed by atoms with Crippen LogP contribution in [0.3, 0.4) is 0 Å². The van der Waals surface area contributed by atoms with Gasteiger partial charge in [-0.05, 0) is 43.7 Å². The van der Waals surface area contributed by atoms with Crippen molar-refractivity contribution in [3.8, 4) is 5.75 Å². The van der Waals surface area contributed by atoms with E-state index < -0.39 is 0 Å². The maximum Gasteiger partial charge on any atom is 0.124 e. The first kappa shape index (κ1) is 14.6. The number of rotatable bonds is 5. The summed E-state index contributed by atoms with van der Waals surface area (Å²) in [5, 5.41) is 8.05. The Hall–Kier alpha value is -1.81. The fourth-order valence-corrected chi connectivity index (χ4v) is 2.62. The van der Waals surface area contributed by atoms with Crippen molar-refractivity contribution < 1.29 is 4.74 Å². The van der Waals surface area contributed by atoms with Crippen molar-refractivity contribution in [2.24, 2.45) is 7.05 Å². The summed E-state index contributed by atoms with van der Waals surface area (Å²) in [4.78, 5) is 0. The highest BCUT2D eigenvalue weighted by Crippen LogP contribution is 2.33. The summed E-state index contributed by atoms with van der Waals surface area (Å²) in [5.41, 5.74) is 4.61. The first-order valence-electron chi connectivity index (χ1n) is 6.94. The minimum Gasteiger partial charge on any atom is -0.496 e. The summed E-state index contributed by atoms with van der Waals surface area (Å²) < 4.78 is 7.42. The molecule has 1 aromatic heterocycles. The normalized spacial score (nSPS) is 12.4. The molecular weight excluding hydrogens is 250 g/mol. The SMILES string of the molecule is CCNC(c1ccn(C)n1)c1c(C)cc(C)cc1OC. The molecular formula is C16H23N3O. The predicted molar refractivity (Wildman–Crippen MR) is 81.2 cm³/mol. The van der Waals surface area contributed by atoms with E-state index in [2.05, 4.69) is 43.3 Å². The van der Waals surface area contributed by atoms with Gasteiger partial charge in [0, 0.05) is 18.8 Å². The van der Waals surface area contributed by atoms with E-state index in [1.807, 2.05) is 24.0 Å². The molecule has 0 bridgehead atoms. The third-order valence-corrected chi connectivity index (χ3v) is 3.44. The van der Waals surface area contributed by atoms with Crippen LogP contribution in [0, 0.1) is 13.8 Å². The Morgan fingerprint density at radius 1 is 1.35 bits per heavy atom. The van der Waals surface area contributed by atoms with Crippen molar-refractivity contribution >= 4 is 0 Å². The molecule has 4 heteroatoms.